The zero-order valence-corrected chi connectivity index (χ0v) is 16.6. The van der Waals surface area contributed by atoms with Crippen LogP contribution in [-0.2, 0) is 11.0 Å². The van der Waals surface area contributed by atoms with Gasteiger partial charge in [-0.25, -0.2) is 4.98 Å². The Morgan fingerprint density at radius 1 is 1.21 bits per heavy atom. The molecule has 1 aliphatic rings. The molecule has 3 rings (SSSR count). The Morgan fingerprint density at radius 3 is 2.59 bits per heavy atom. The zero-order valence-electron chi connectivity index (χ0n) is 15.8. The number of benzene rings is 1. The maximum absolute atomic E-state index is 12.9. The first-order valence-corrected chi connectivity index (χ1v) is 10.1. The van der Waals surface area contributed by atoms with Gasteiger partial charge in [0.15, 0.2) is 0 Å². The largest absolute Gasteiger partial charge is 0.416 e. The molecule has 1 aromatic heterocycles. The average Bonchev–Trinajstić information content (AvgIpc) is 3.18. The highest BCUT2D eigenvalue weighted by Crippen LogP contribution is 2.33. The number of thiazole rings is 1. The van der Waals surface area contributed by atoms with Crippen LogP contribution in [0.3, 0.4) is 0 Å². The second kappa shape index (κ2) is 8.91. The second-order valence-corrected chi connectivity index (χ2v) is 7.50. The summed E-state index contributed by atoms with van der Waals surface area (Å²) >= 11 is 1.14. The molecule has 1 aliphatic heterocycles. The minimum Gasteiger partial charge on any atom is -0.355 e. The minimum absolute atomic E-state index is 0.0440. The van der Waals surface area contributed by atoms with Gasteiger partial charge in [0.25, 0.3) is 5.91 Å². The molecule has 156 valence electrons. The predicted molar refractivity (Wildman–Crippen MR) is 104 cm³/mol. The molecule has 29 heavy (non-hydrogen) atoms. The number of carbonyl (C=O) groups excluding carboxylic acids is 2. The first-order valence-electron chi connectivity index (χ1n) is 9.19. The first kappa shape index (κ1) is 21.3. The molecular formula is C19H21F3N4O2S. The van der Waals surface area contributed by atoms with Crippen molar-refractivity contribution >= 4 is 23.2 Å². The summed E-state index contributed by atoms with van der Waals surface area (Å²) in [7, 11) is 0. The van der Waals surface area contributed by atoms with E-state index in [1.54, 1.807) is 16.3 Å². The smallest absolute Gasteiger partial charge is 0.355 e. The number of carbonyl (C=O) groups is 2. The molecule has 0 unspecified atom stereocenters. The second-order valence-electron chi connectivity index (χ2n) is 6.64. The molecule has 0 atom stereocenters. The summed E-state index contributed by atoms with van der Waals surface area (Å²) in [5.74, 6) is -0.297. The van der Waals surface area contributed by atoms with Crippen LogP contribution in [-0.4, -0.2) is 65.9 Å². The molecule has 6 nitrogen and oxygen atoms in total. The van der Waals surface area contributed by atoms with E-state index >= 15 is 0 Å². The van der Waals surface area contributed by atoms with Gasteiger partial charge in [-0.3, -0.25) is 14.5 Å². The number of rotatable bonds is 5. The number of amides is 2. The molecule has 0 aliphatic carbocycles. The standard InChI is InChI=1S/C19H21F3N4O2S/c1-2-23-16(27)11-25-6-8-26(9-7-25)18(28)15-12-29-17(24-15)13-4-3-5-14(10-13)19(20,21)22/h3-5,10,12H,2,6-9,11H2,1H3,(H,23,27). The lowest BCUT2D eigenvalue weighted by Gasteiger charge is -2.33. The van der Waals surface area contributed by atoms with Crippen LogP contribution in [0.5, 0.6) is 0 Å². The number of likely N-dealkylation sites (N-methyl/N-ethyl adjacent to an activating group) is 1. The van der Waals surface area contributed by atoms with E-state index in [4.69, 9.17) is 0 Å². The van der Waals surface area contributed by atoms with E-state index in [-0.39, 0.29) is 17.5 Å². The van der Waals surface area contributed by atoms with Crippen LogP contribution in [0.15, 0.2) is 29.6 Å². The number of alkyl halides is 3. The molecule has 2 aromatic rings. The van der Waals surface area contributed by atoms with Crippen LogP contribution in [0, 0.1) is 0 Å². The minimum atomic E-state index is -4.43. The lowest BCUT2D eigenvalue weighted by atomic mass is 10.1. The van der Waals surface area contributed by atoms with Crippen molar-refractivity contribution in [2.24, 2.45) is 0 Å². The van der Waals surface area contributed by atoms with Gasteiger partial charge in [0.1, 0.15) is 10.7 Å². The molecule has 1 N–H and O–H groups in total. The highest BCUT2D eigenvalue weighted by Gasteiger charge is 2.31. The summed E-state index contributed by atoms with van der Waals surface area (Å²) in [5, 5.41) is 4.68. The fourth-order valence-corrected chi connectivity index (χ4v) is 3.85. The first-order chi connectivity index (χ1) is 13.8. The van der Waals surface area contributed by atoms with Crippen LogP contribution in [0.2, 0.25) is 0 Å². The van der Waals surface area contributed by atoms with E-state index in [9.17, 15) is 22.8 Å². The van der Waals surface area contributed by atoms with Crippen molar-refractivity contribution in [1.29, 1.82) is 0 Å². The Balaban J connectivity index is 1.63. The highest BCUT2D eigenvalue weighted by atomic mass is 32.1. The van der Waals surface area contributed by atoms with Crippen molar-refractivity contribution in [3.8, 4) is 10.6 Å². The van der Waals surface area contributed by atoms with Crippen molar-refractivity contribution in [3.63, 3.8) is 0 Å². The van der Waals surface area contributed by atoms with Crippen molar-refractivity contribution in [2.45, 2.75) is 13.1 Å². The quantitative estimate of drug-likeness (QED) is 0.799. The number of hydrogen-bond acceptors (Lipinski definition) is 5. The Morgan fingerprint density at radius 2 is 1.93 bits per heavy atom. The number of halogens is 3. The van der Waals surface area contributed by atoms with E-state index in [0.29, 0.717) is 49.8 Å². The molecule has 1 aromatic carbocycles. The predicted octanol–water partition coefficient (Wildman–Crippen LogP) is 2.72. The van der Waals surface area contributed by atoms with E-state index in [1.807, 2.05) is 11.8 Å². The van der Waals surface area contributed by atoms with Gasteiger partial charge in [-0.1, -0.05) is 12.1 Å². The highest BCUT2D eigenvalue weighted by molar-refractivity contribution is 7.13. The lowest BCUT2D eigenvalue weighted by Crippen LogP contribution is -2.51. The summed E-state index contributed by atoms with van der Waals surface area (Å²) in [4.78, 5) is 32.2. The van der Waals surface area contributed by atoms with Crippen LogP contribution >= 0.6 is 11.3 Å². The molecule has 2 heterocycles. The molecule has 0 spiro atoms. The maximum atomic E-state index is 12.9. The molecule has 0 radical (unpaired) electrons. The molecular weight excluding hydrogens is 405 g/mol. The molecule has 1 fully saturated rings. The average molecular weight is 426 g/mol. The maximum Gasteiger partial charge on any atom is 0.416 e. The summed E-state index contributed by atoms with van der Waals surface area (Å²) < 4.78 is 38.7. The summed E-state index contributed by atoms with van der Waals surface area (Å²) in [6.07, 6.45) is -4.43. The fraction of sp³-hybridized carbons (Fsp3) is 0.421. The Kier molecular flexibility index (Phi) is 6.53. The number of piperazine rings is 1. The third-order valence-corrected chi connectivity index (χ3v) is 5.45. The molecule has 0 saturated carbocycles. The van der Waals surface area contributed by atoms with E-state index in [0.717, 1.165) is 23.5 Å². The van der Waals surface area contributed by atoms with Gasteiger partial charge < -0.3 is 10.2 Å². The number of hydrogen-bond donors (Lipinski definition) is 1. The molecule has 2 amide bonds. The van der Waals surface area contributed by atoms with Gasteiger partial charge in [0.2, 0.25) is 5.91 Å². The van der Waals surface area contributed by atoms with Gasteiger partial charge in [0.05, 0.1) is 12.1 Å². The molecule has 10 heteroatoms. The monoisotopic (exact) mass is 426 g/mol. The summed E-state index contributed by atoms with van der Waals surface area (Å²) in [5.41, 5.74) is -0.198. The number of nitrogens with one attached hydrogen (secondary N) is 1. The fourth-order valence-electron chi connectivity index (χ4n) is 3.06. The van der Waals surface area contributed by atoms with Gasteiger partial charge in [0, 0.05) is 43.7 Å². The van der Waals surface area contributed by atoms with Crippen LogP contribution < -0.4 is 5.32 Å². The van der Waals surface area contributed by atoms with E-state index < -0.39 is 11.7 Å². The van der Waals surface area contributed by atoms with Crippen molar-refractivity contribution in [3.05, 3.63) is 40.9 Å². The topological polar surface area (TPSA) is 65.5 Å². The number of aromatic nitrogens is 1. The number of nitrogens with zero attached hydrogens (tertiary/aromatic N) is 3. The van der Waals surface area contributed by atoms with Gasteiger partial charge in [-0.15, -0.1) is 11.3 Å². The Labute approximate surface area is 170 Å². The Bertz CT molecular complexity index is 876. The third-order valence-electron chi connectivity index (χ3n) is 4.56. The van der Waals surface area contributed by atoms with Crippen LogP contribution in [0.25, 0.3) is 10.6 Å². The molecule has 1 saturated heterocycles. The van der Waals surface area contributed by atoms with Crippen LogP contribution in [0.4, 0.5) is 13.2 Å². The van der Waals surface area contributed by atoms with Gasteiger partial charge in [-0.2, -0.15) is 13.2 Å². The van der Waals surface area contributed by atoms with Crippen LogP contribution in [0.1, 0.15) is 23.0 Å². The van der Waals surface area contributed by atoms with Gasteiger partial charge >= 0.3 is 6.18 Å². The molecule has 0 bridgehead atoms. The summed E-state index contributed by atoms with van der Waals surface area (Å²) in [6.45, 7) is 4.82. The van der Waals surface area contributed by atoms with E-state index in [2.05, 4.69) is 10.3 Å². The zero-order chi connectivity index (χ0) is 21.0. The van der Waals surface area contributed by atoms with Gasteiger partial charge in [-0.05, 0) is 19.1 Å². The van der Waals surface area contributed by atoms with Crippen molar-refractivity contribution in [2.75, 3.05) is 39.3 Å². The van der Waals surface area contributed by atoms with Crippen molar-refractivity contribution in [1.82, 2.24) is 20.1 Å². The SMILES string of the molecule is CCNC(=O)CN1CCN(C(=O)c2csc(-c3cccc(C(F)(F)F)c3)n2)CC1. The lowest BCUT2D eigenvalue weighted by molar-refractivity contribution is -0.137. The summed E-state index contributed by atoms with van der Waals surface area (Å²) in [6, 6.07) is 4.91. The Hall–Kier alpha value is -2.46. The van der Waals surface area contributed by atoms with E-state index in [1.165, 1.54) is 6.07 Å². The van der Waals surface area contributed by atoms with Crippen molar-refractivity contribution < 1.29 is 22.8 Å². The normalized spacial score (nSPS) is 15.4. The third kappa shape index (κ3) is 5.33.